The largest absolute Gasteiger partial charge is 0.312 e. The van der Waals surface area contributed by atoms with Crippen LogP contribution in [0.5, 0.6) is 0 Å². The molecule has 17 heavy (non-hydrogen) atoms. The van der Waals surface area contributed by atoms with Gasteiger partial charge in [-0.3, -0.25) is 0 Å². The van der Waals surface area contributed by atoms with Gasteiger partial charge in [-0.1, -0.05) is 37.3 Å². The summed E-state index contributed by atoms with van der Waals surface area (Å²) in [5, 5.41) is 3.55. The van der Waals surface area contributed by atoms with Crippen LogP contribution in [0.25, 0.3) is 0 Å². The van der Waals surface area contributed by atoms with E-state index < -0.39 is 0 Å². The molecule has 1 aliphatic rings. The van der Waals surface area contributed by atoms with Crippen molar-refractivity contribution in [1.29, 1.82) is 0 Å². The smallest absolute Gasteiger partial charge is 0.00966 e. The molecule has 0 spiro atoms. The number of hydrogen-bond acceptors (Lipinski definition) is 1. The molecule has 0 aromatic carbocycles. The van der Waals surface area contributed by atoms with E-state index in [1.807, 2.05) is 0 Å². The summed E-state index contributed by atoms with van der Waals surface area (Å²) < 4.78 is 0. The monoisotopic (exact) mass is 237 g/mol. The highest BCUT2D eigenvalue weighted by Gasteiger charge is 2.13. The summed E-state index contributed by atoms with van der Waals surface area (Å²) in [4.78, 5) is 0. The first-order valence-corrected chi connectivity index (χ1v) is 7.41. The van der Waals surface area contributed by atoms with E-state index in [1.54, 1.807) is 5.57 Å². The van der Waals surface area contributed by atoms with Gasteiger partial charge in [-0.25, -0.2) is 0 Å². The maximum atomic E-state index is 3.55. The maximum Gasteiger partial charge on any atom is 0.00966 e. The molecular formula is C16H31N. The Balaban J connectivity index is 2.27. The van der Waals surface area contributed by atoms with Crippen LogP contribution in [0.4, 0.5) is 0 Å². The van der Waals surface area contributed by atoms with E-state index in [-0.39, 0.29) is 5.54 Å². The second-order valence-corrected chi connectivity index (χ2v) is 6.60. The molecule has 1 fully saturated rings. The van der Waals surface area contributed by atoms with Crippen LogP contribution in [0, 0.1) is 5.92 Å². The minimum atomic E-state index is 0.254. The van der Waals surface area contributed by atoms with Crippen LogP contribution in [0.15, 0.2) is 11.6 Å². The average Bonchev–Trinajstić information content (AvgIpc) is 2.51. The molecule has 0 radical (unpaired) electrons. The highest BCUT2D eigenvalue weighted by Crippen LogP contribution is 2.28. The van der Waals surface area contributed by atoms with Crippen molar-refractivity contribution in [3.05, 3.63) is 11.6 Å². The van der Waals surface area contributed by atoms with E-state index in [9.17, 15) is 0 Å². The van der Waals surface area contributed by atoms with E-state index >= 15 is 0 Å². The molecule has 1 rings (SSSR count). The summed E-state index contributed by atoms with van der Waals surface area (Å²) in [6.07, 6.45) is 12.3. The molecule has 1 saturated carbocycles. The minimum Gasteiger partial charge on any atom is -0.312 e. The Kier molecular flexibility index (Phi) is 6.26. The summed E-state index contributed by atoms with van der Waals surface area (Å²) in [5.74, 6) is 0.882. The van der Waals surface area contributed by atoms with Crippen molar-refractivity contribution in [2.24, 2.45) is 5.92 Å². The van der Waals surface area contributed by atoms with Crippen LogP contribution in [0.3, 0.4) is 0 Å². The third kappa shape index (κ3) is 6.88. The minimum absolute atomic E-state index is 0.254. The summed E-state index contributed by atoms with van der Waals surface area (Å²) in [5.41, 5.74) is 1.90. The summed E-state index contributed by atoms with van der Waals surface area (Å²) >= 11 is 0. The lowest BCUT2D eigenvalue weighted by molar-refractivity contribution is 0.430. The van der Waals surface area contributed by atoms with Gasteiger partial charge < -0.3 is 5.32 Å². The van der Waals surface area contributed by atoms with Crippen LogP contribution in [-0.4, -0.2) is 12.1 Å². The van der Waals surface area contributed by atoms with Gasteiger partial charge in [0.2, 0.25) is 0 Å². The Morgan fingerprint density at radius 1 is 1.12 bits per heavy atom. The van der Waals surface area contributed by atoms with Crippen LogP contribution in [0.1, 0.15) is 72.6 Å². The van der Waals surface area contributed by atoms with Gasteiger partial charge in [-0.2, -0.15) is 0 Å². The van der Waals surface area contributed by atoms with E-state index in [4.69, 9.17) is 0 Å². The Morgan fingerprint density at radius 3 is 2.24 bits per heavy atom. The fraction of sp³-hybridized carbons (Fsp3) is 0.875. The lowest BCUT2D eigenvalue weighted by Gasteiger charge is -2.20. The van der Waals surface area contributed by atoms with Crippen LogP contribution in [0.2, 0.25) is 0 Å². The predicted octanol–water partition coefficient (Wildman–Crippen LogP) is 4.68. The third-order valence-corrected chi connectivity index (χ3v) is 3.77. The van der Waals surface area contributed by atoms with E-state index in [2.05, 4.69) is 39.1 Å². The molecule has 0 aromatic heterocycles. The molecule has 0 amide bonds. The molecule has 100 valence electrons. The molecular weight excluding hydrogens is 206 g/mol. The molecule has 1 heteroatoms. The number of hydrogen-bond donors (Lipinski definition) is 1. The number of allylic oxidation sites excluding steroid dienone is 1. The third-order valence-electron chi connectivity index (χ3n) is 3.77. The molecule has 1 nitrogen and oxygen atoms in total. The second kappa shape index (κ2) is 7.20. The fourth-order valence-corrected chi connectivity index (χ4v) is 2.65. The van der Waals surface area contributed by atoms with Crippen molar-refractivity contribution in [1.82, 2.24) is 5.32 Å². The van der Waals surface area contributed by atoms with E-state index in [0.717, 1.165) is 12.5 Å². The van der Waals surface area contributed by atoms with Crippen molar-refractivity contribution in [2.75, 3.05) is 6.54 Å². The maximum absolute atomic E-state index is 3.55. The van der Waals surface area contributed by atoms with E-state index in [1.165, 1.54) is 44.9 Å². The van der Waals surface area contributed by atoms with Crippen molar-refractivity contribution in [3.8, 4) is 0 Å². The van der Waals surface area contributed by atoms with Crippen LogP contribution < -0.4 is 5.32 Å². The topological polar surface area (TPSA) is 12.0 Å². The van der Waals surface area contributed by atoms with Crippen molar-refractivity contribution in [3.63, 3.8) is 0 Å². The Bertz CT molecular complexity index is 226. The molecule has 0 aliphatic heterocycles. The standard InChI is InChI=1S/C16H31N/c1-14(10-9-13-17-16(2,3)4)15-11-7-5-6-8-12-15/h10,15,17H,5-9,11-13H2,1-4H3. The van der Waals surface area contributed by atoms with Crippen molar-refractivity contribution >= 4 is 0 Å². The van der Waals surface area contributed by atoms with Gasteiger partial charge in [-0.05, 0) is 59.4 Å². The summed E-state index contributed by atoms with van der Waals surface area (Å²) in [7, 11) is 0. The molecule has 0 aromatic rings. The Hall–Kier alpha value is -0.300. The molecule has 0 atom stereocenters. The second-order valence-electron chi connectivity index (χ2n) is 6.60. The first-order chi connectivity index (χ1) is 7.99. The van der Waals surface area contributed by atoms with Gasteiger partial charge >= 0.3 is 0 Å². The first kappa shape index (κ1) is 14.8. The normalized spacial score (nSPS) is 20.4. The first-order valence-electron chi connectivity index (χ1n) is 7.41. The molecule has 0 saturated heterocycles. The lowest BCUT2D eigenvalue weighted by atomic mass is 9.92. The van der Waals surface area contributed by atoms with Crippen molar-refractivity contribution < 1.29 is 0 Å². The van der Waals surface area contributed by atoms with Gasteiger partial charge in [0.1, 0.15) is 0 Å². The molecule has 0 heterocycles. The highest BCUT2D eigenvalue weighted by molar-refractivity contribution is 5.04. The zero-order valence-electron chi connectivity index (χ0n) is 12.3. The zero-order valence-corrected chi connectivity index (χ0v) is 12.3. The lowest BCUT2D eigenvalue weighted by Crippen LogP contribution is -2.36. The van der Waals surface area contributed by atoms with Crippen molar-refractivity contribution in [2.45, 2.75) is 78.2 Å². The summed E-state index contributed by atoms with van der Waals surface area (Å²) in [6, 6.07) is 0. The zero-order chi connectivity index (χ0) is 12.7. The summed E-state index contributed by atoms with van der Waals surface area (Å²) in [6.45, 7) is 10.1. The average molecular weight is 237 g/mol. The quantitative estimate of drug-likeness (QED) is 0.425. The molecule has 0 unspecified atom stereocenters. The van der Waals surface area contributed by atoms with Gasteiger partial charge in [0, 0.05) is 5.54 Å². The van der Waals surface area contributed by atoms with Gasteiger partial charge in [0.15, 0.2) is 0 Å². The fourth-order valence-electron chi connectivity index (χ4n) is 2.65. The van der Waals surface area contributed by atoms with E-state index in [0.29, 0.717) is 0 Å². The van der Waals surface area contributed by atoms with Gasteiger partial charge in [0.05, 0.1) is 0 Å². The highest BCUT2D eigenvalue weighted by atomic mass is 14.9. The molecule has 0 bridgehead atoms. The van der Waals surface area contributed by atoms with Crippen LogP contribution in [-0.2, 0) is 0 Å². The molecule has 1 N–H and O–H groups in total. The Morgan fingerprint density at radius 2 is 1.71 bits per heavy atom. The SMILES string of the molecule is CC(=CCCNC(C)(C)C)C1CCCCCC1. The number of rotatable bonds is 4. The number of nitrogens with one attached hydrogen (secondary N) is 1. The Labute approximate surface area is 108 Å². The predicted molar refractivity (Wildman–Crippen MR) is 77.3 cm³/mol. The van der Waals surface area contributed by atoms with Crippen LogP contribution >= 0.6 is 0 Å². The van der Waals surface area contributed by atoms with Gasteiger partial charge in [-0.15, -0.1) is 0 Å². The van der Waals surface area contributed by atoms with Gasteiger partial charge in [0.25, 0.3) is 0 Å². The molecule has 1 aliphatic carbocycles.